The van der Waals surface area contributed by atoms with E-state index in [0.29, 0.717) is 18.6 Å². The van der Waals surface area contributed by atoms with Crippen molar-refractivity contribution in [3.63, 3.8) is 0 Å². The maximum absolute atomic E-state index is 12.9. The fourth-order valence-electron chi connectivity index (χ4n) is 3.44. The number of benzene rings is 1. The number of hydrogen-bond donors (Lipinski definition) is 0. The van der Waals surface area contributed by atoms with Crippen molar-refractivity contribution in [2.24, 2.45) is 0 Å². The molecule has 1 aromatic carbocycles. The van der Waals surface area contributed by atoms with Crippen LogP contribution < -0.4 is 5.56 Å². The average molecular weight is 398 g/mol. The number of thiazole rings is 1. The zero-order valence-electron chi connectivity index (χ0n) is 16.1. The molecule has 1 saturated heterocycles. The van der Waals surface area contributed by atoms with Crippen molar-refractivity contribution in [1.29, 1.82) is 0 Å². The van der Waals surface area contributed by atoms with E-state index in [0.717, 1.165) is 40.5 Å². The van der Waals surface area contributed by atoms with Crippen LogP contribution in [0, 0.1) is 6.92 Å². The predicted octanol–water partition coefficient (Wildman–Crippen LogP) is 1.99. The molecular weight excluding hydrogens is 374 g/mol. The summed E-state index contributed by atoms with van der Waals surface area (Å²) >= 11 is 1.46. The highest BCUT2D eigenvalue weighted by atomic mass is 32.1. The van der Waals surface area contributed by atoms with Crippen molar-refractivity contribution in [3.05, 3.63) is 46.4 Å². The van der Waals surface area contributed by atoms with Crippen molar-refractivity contribution in [2.45, 2.75) is 19.9 Å². The van der Waals surface area contributed by atoms with E-state index < -0.39 is 0 Å². The smallest absolute Gasteiger partial charge is 0.294 e. The Hall–Kier alpha value is -2.58. The predicted molar refractivity (Wildman–Crippen MR) is 111 cm³/mol. The number of amides is 1. The fourth-order valence-corrected chi connectivity index (χ4v) is 4.44. The Balaban J connectivity index is 1.64. The minimum atomic E-state index is -0.306. The van der Waals surface area contributed by atoms with E-state index in [1.54, 1.807) is 0 Å². The highest BCUT2D eigenvalue weighted by Gasteiger charge is 2.21. The van der Waals surface area contributed by atoms with Crippen LogP contribution in [0.4, 0.5) is 0 Å². The summed E-state index contributed by atoms with van der Waals surface area (Å²) in [6, 6.07) is 9.78. The number of nitrogens with zero attached hydrogens (tertiary/aromatic N) is 5. The second-order valence-electron chi connectivity index (χ2n) is 7.15. The summed E-state index contributed by atoms with van der Waals surface area (Å²) in [5, 5.41) is 5.19. The summed E-state index contributed by atoms with van der Waals surface area (Å²) in [4.78, 5) is 34.3. The van der Waals surface area contributed by atoms with Gasteiger partial charge in [-0.1, -0.05) is 30.3 Å². The van der Waals surface area contributed by atoms with Gasteiger partial charge in [0.25, 0.3) is 5.56 Å². The normalized spacial score (nSPS) is 15.7. The molecule has 2 aromatic heterocycles. The first kappa shape index (κ1) is 18.8. The molecule has 1 amide bonds. The van der Waals surface area contributed by atoms with Gasteiger partial charge in [-0.25, -0.2) is 9.67 Å². The van der Waals surface area contributed by atoms with Crippen LogP contribution in [-0.2, 0) is 11.3 Å². The first-order valence-electron chi connectivity index (χ1n) is 9.43. The van der Waals surface area contributed by atoms with Gasteiger partial charge < -0.3 is 9.80 Å². The van der Waals surface area contributed by atoms with Crippen LogP contribution in [0.25, 0.3) is 20.8 Å². The van der Waals surface area contributed by atoms with Gasteiger partial charge in [0, 0.05) is 25.2 Å². The molecule has 7 nitrogen and oxygen atoms in total. The van der Waals surface area contributed by atoms with Crippen molar-refractivity contribution in [1.82, 2.24) is 24.6 Å². The van der Waals surface area contributed by atoms with Crippen LogP contribution >= 0.6 is 11.3 Å². The second kappa shape index (κ2) is 7.81. The van der Waals surface area contributed by atoms with Crippen LogP contribution in [-0.4, -0.2) is 63.7 Å². The molecule has 1 aliphatic rings. The molecule has 0 saturated carbocycles. The molecule has 1 aliphatic heterocycles. The molecule has 0 unspecified atom stereocenters. The number of aromatic nitrogens is 3. The first-order chi connectivity index (χ1) is 13.5. The lowest BCUT2D eigenvalue weighted by atomic mass is 10.2. The summed E-state index contributed by atoms with van der Waals surface area (Å²) in [6.45, 7) is 5.04. The third-order valence-corrected chi connectivity index (χ3v) is 6.25. The fraction of sp³-hybridized carbons (Fsp3) is 0.400. The zero-order chi connectivity index (χ0) is 19.7. The van der Waals surface area contributed by atoms with Crippen molar-refractivity contribution in [2.75, 3.05) is 33.2 Å². The lowest BCUT2D eigenvalue weighted by Gasteiger charge is -2.20. The molecule has 3 aromatic rings. The van der Waals surface area contributed by atoms with Gasteiger partial charge in [-0.05, 0) is 26.9 Å². The Morgan fingerprint density at radius 2 is 1.93 bits per heavy atom. The lowest BCUT2D eigenvalue weighted by Crippen LogP contribution is -2.39. The number of carbonyl (C=O) groups is 1. The van der Waals surface area contributed by atoms with Gasteiger partial charge in [-0.15, -0.1) is 11.3 Å². The Kier molecular flexibility index (Phi) is 5.23. The van der Waals surface area contributed by atoms with Gasteiger partial charge in [0.1, 0.15) is 11.6 Å². The van der Waals surface area contributed by atoms with E-state index in [4.69, 9.17) is 0 Å². The van der Waals surface area contributed by atoms with Crippen molar-refractivity contribution >= 4 is 27.5 Å². The largest absolute Gasteiger partial charge is 0.340 e. The Morgan fingerprint density at radius 1 is 1.14 bits per heavy atom. The van der Waals surface area contributed by atoms with E-state index >= 15 is 0 Å². The molecule has 0 N–H and O–H groups in total. The molecule has 0 bridgehead atoms. The van der Waals surface area contributed by atoms with Crippen LogP contribution in [0.1, 0.15) is 12.1 Å². The minimum Gasteiger partial charge on any atom is -0.340 e. The Labute approximate surface area is 167 Å². The summed E-state index contributed by atoms with van der Waals surface area (Å²) < 4.78 is 2.05. The summed E-state index contributed by atoms with van der Waals surface area (Å²) in [7, 11) is 2.06. The SMILES string of the molecule is Cc1nn(CC(=O)N2CCCN(C)CC2)c(=O)c2nc(-c3ccccc3)sc12. The van der Waals surface area contributed by atoms with Gasteiger partial charge in [0.05, 0.1) is 10.4 Å². The molecule has 28 heavy (non-hydrogen) atoms. The molecular formula is C20H23N5O2S. The van der Waals surface area contributed by atoms with Crippen LogP contribution in [0.3, 0.4) is 0 Å². The molecule has 0 atom stereocenters. The summed E-state index contributed by atoms with van der Waals surface area (Å²) in [5.74, 6) is -0.0674. The van der Waals surface area contributed by atoms with Gasteiger partial charge in [0.15, 0.2) is 5.52 Å². The van der Waals surface area contributed by atoms with Crippen molar-refractivity contribution < 1.29 is 4.79 Å². The standard InChI is InChI=1S/C20H23N5O2S/c1-14-18-17(21-19(28-18)15-7-4-3-5-8-15)20(27)25(22-14)13-16(26)24-10-6-9-23(2)11-12-24/h3-5,7-8H,6,9-13H2,1-2H3. The molecule has 0 radical (unpaired) electrons. The highest BCUT2D eigenvalue weighted by molar-refractivity contribution is 7.21. The van der Waals surface area contributed by atoms with Gasteiger partial charge >= 0.3 is 0 Å². The summed E-state index contributed by atoms with van der Waals surface area (Å²) in [6.07, 6.45) is 0.940. The quantitative estimate of drug-likeness (QED) is 0.676. The third kappa shape index (κ3) is 3.70. The molecule has 4 rings (SSSR count). The van der Waals surface area contributed by atoms with Crippen LogP contribution in [0.2, 0.25) is 0 Å². The molecule has 0 spiro atoms. The topological polar surface area (TPSA) is 71.3 Å². The molecule has 1 fully saturated rings. The van der Waals surface area contributed by atoms with E-state index in [1.807, 2.05) is 42.2 Å². The number of rotatable bonds is 3. The van der Waals surface area contributed by atoms with Gasteiger partial charge in [-0.2, -0.15) is 5.10 Å². The lowest BCUT2D eigenvalue weighted by molar-refractivity contribution is -0.132. The van der Waals surface area contributed by atoms with E-state index in [9.17, 15) is 9.59 Å². The zero-order valence-corrected chi connectivity index (χ0v) is 16.9. The van der Waals surface area contributed by atoms with Gasteiger partial charge in [0.2, 0.25) is 5.91 Å². The number of fused-ring (bicyclic) bond motifs is 1. The number of aryl methyl sites for hydroxylation is 1. The average Bonchev–Trinajstić information content (AvgIpc) is 3.04. The van der Waals surface area contributed by atoms with E-state index in [-0.39, 0.29) is 18.0 Å². The third-order valence-electron chi connectivity index (χ3n) is 5.04. The summed E-state index contributed by atoms with van der Waals surface area (Å²) in [5.41, 5.74) is 1.77. The Morgan fingerprint density at radius 3 is 2.71 bits per heavy atom. The number of carbonyl (C=O) groups excluding carboxylic acids is 1. The number of hydrogen-bond acceptors (Lipinski definition) is 6. The monoisotopic (exact) mass is 397 g/mol. The molecule has 0 aliphatic carbocycles. The number of likely N-dealkylation sites (N-methyl/N-ethyl adjacent to an activating group) is 1. The maximum Gasteiger partial charge on any atom is 0.294 e. The maximum atomic E-state index is 12.9. The Bertz CT molecular complexity index is 1060. The van der Waals surface area contributed by atoms with Crippen LogP contribution in [0.5, 0.6) is 0 Å². The van der Waals surface area contributed by atoms with E-state index in [1.165, 1.54) is 16.0 Å². The highest BCUT2D eigenvalue weighted by Crippen LogP contribution is 2.29. The van der Waals surface area contributed by atoms with E-state index in [2.05, 4.69) is 22.0 Å². The molecule has 146 valence electrons. The second-order valence-corrected chi connectivity index (χ2v) is 8.15. The van der Waals surface area contributed by atoms with Gasteiger partial charge in [-0.3, -0.25) is 9.59 Å². The molecule has 3 heterocycles. The first-order valence-corrected chi connectivity index (χ1v) is 10.2. The minimum absolute atomic E-state index is 0.0441. The van der Waals surface area contributed by atoms with Crippen LogP contribution in [0.15, 0.2) is 35.1 Å². The molecule has 8 heteroatoms. The van der Waals surface area contributed by atoms with Crippen molar-refractivity contribution in [3.8, 4) is 10.6 Å².